The molecule has 0 aliphatic carbocycles. The van der Waals surface area contributed by atoms with Gasteiger partial charge in [0.15, 0.2) is 0 Å². The van der Waals surface area contributed by atoms with E-state index in [0.29, 0.717) is 0 Å². The summed E-state index contributed by atoms with van der Waals surface area (Å²) in [5.41, 5.74) is 13.4. The van der Waals surface area contributed by atoms with E-state index in [0.717, 1.165) is 28.6 Å². The molecule has 3 heterocycles. The van der Waals surface area contributed by atoms with Crippen LogP contribution in [0.5, 0.6) is 11.5 Å². The van der Waals surface area contributed by atoms with Gasteiger partial charge in [-0.25, -0.2) is 0 Å². The van der Waals surface area contributed by atoms with E-state index in [-0.39, 0.29) is 11.1 Å². The summed E-state index contributed by atoms with van der Waals surface area (Å²) in [5.74, 6) is 4.68. The van der Waals surface area contributed by atoms with Crippen molar-refractivity contribution in [2.75, 3.05) is 14.7 Å². The molecule has 3 aliphatic heterocycles. The molecular formula is C43H47GeN3O. The fourth-order valence-electron chi connectivity index (χ4n) is 8.62. The minimum absolute atomic E-state index is 0.119. The Morgan fingerprint density at radius 3 is 1.33 bits per heavy atom. The van der Waals surface area contributed by atoms with Crippen LogP contribution < -0.4 is 32.6 Å². The fraction of sp³-hybridized carbons (Fsp3) is 0.302. The Morgan fingerprint density at radius 1 is 0.479 bits per heavy atom. The maximum absolute atomic E-state index is 7.21. The molecule has 0 aromatic heterocycles. The summed E-state index contributed by atoms with van der Waals surface area (Å²) in [6.07, 6.45) is 0. The first-order valence-electron chi connectivity index (χ1n) is 17.3. The molecule has 48 heavy (non-hydrogen) atoms. The van der Waals surface area contributed by atoms with E-state index < -0.39 is 13.3 Å². The molecule has 0 radical (unpaired) electrons. The summed E-state index contributed by atoms with van der Waals surface area (Å²) in [6.45, 7) is 22.9. The molecule has 3 aliphatic rings. The van der Waals surface area contributed by atoms with Gasteiger partial charge in [0.05, 0.1) is 0 Å². The molecule has 5 heteroatoms. The van der Waals surface area contributed by atoms with E-state index in [1.54, 1.807) is 4.40 Å². The predicted molar refractivity (Wildman–Crippen MR) is 207 cm³/mol. The van der Waals surface area contributed by atoms with Crippen LogP contribution in [0.2, 0.25) is 5.76 Å². The summed E-state index contributed by atoms with van der Waals surface area (Å²) < 4.78 is 11.7. The second-order valence-electron chi connectivity index (χ2n) is 16.4. The zero-order chi connectivity index (χ0) is 34.1. The normalized spacial score (nSPS) is 17.2. The van der Waals surface area contributed by atoms with E-state index in [2.05, 4.69) is 175 Å². The summed E-state index contributed by atoms with van der Waals surface area (Å²) in [7, 11) is 0. The van der Waals surface area contributed by atoms with Gasteiger partial charge in [-0.15, -0.1) is 0 Å². The molecule has 0 fully saturated rings. The number of rotatable bonds is 3. The van der Waals surface area contributed by atoms with Crippen LogP contribution in [0.1, 0.15) is 63.8 Å². The summed E-state index contributed by atoms with van der Waals surface area (Å²) in [6, 6.07) is 32.2. The van der Waals surface area contributed by atoms with Gasteiger partial charge in [0.2, 0.25) is 0 Å². The monoisotopic (exact) mass is 695 g/mol. The van der Waals surface area contributed by atoms with Crippen molar-refractivity contribution in [2.24, 2.45) is 0 Å². The third-order valence-electron chi connectivity index (χ3n) is 10.4. The van der Waals surface area contributed by atoms with Crippen LogP contribution in [0.3, 0.4) is 0 Å². The van der Waals surface area contributed by atoms with E-state index in [1.165, 1.54) is 53.8 Å². The van der Waals surface area contributed by atoms with Crippen molar-refractivity contribution < 1.29 is 4.74 Å². The van der Waals surface area contributed by atoms with Gasteiger partial charge in [-0.1, -0.05) is 0 Å². The van der Waals surface area contributed by atoms with Crippen molar-refractivity contribution >= 4 is 66.3 Å². The van der Waals surface area contributed by atoms with Gasteiger partial charge in [0.1, 0.15) is 0 Å². The number of benzene rings is 5. The fourth-order valence-corrected chi connectivity index (χ4v) is 18.6. The first-order valence-corrected chi connectivity index (χ1v) is 22.5. The molecule has 8 rings (SSSR count). The van der Waals surface area contributed by atoms with Crippen LogP contribution in [-0.2, 0) is 0 Å². The average Bonchev–Trinajstić information content (AvgIpc) is 2.97. The first-order chi connectivity index (χ1) is 22.6. The van der Waals surface area contributed by atoms with Gasteiger partial charge < -0.3 is 0 Å². The van der Waals surface area contributed by atoms with Gasteiger partial charge in [0, 0.05) is 0 Å². The van der Waals surface area contributed by atoms with E-state index in [4.69, 9.17) is 4.74 Å². The van der Waals surface area contributed by atoms with E-state index >= 15 is 0 Å². The van der Waals surface area contributed by atoms with Crippen LogP contribution in [0.25, 0.3) is 0 Å². The Labute approximate surface area is 289 Å². The molecule has 0 N–H and O–H groups in total. The molecule has 1 atom stereocenters. The molecule has 0 saturated carbocycles. The molecule has 244 valence electrons. The van der Waals surface area contributed by atoms with Crippen molar-refractivity contribution in [2.45, 2.75) is 86.1 Å². The Kier molecular flexibility index (Phi) is 6.60. The van der Waals surface area contributed by atoms with Crippen LogP contribution >= 0.6 is 0 Å². The minimum atomic E-state index is -3.30. The maximum atomic E-state index is 7.21. The quantitative estimate of drug-likeness (QED) is 0.175. The SMILES string of the molecule is Cc1ccc(N(c2ccc(C)cc2)c2cc3[c]4c(c2)N(C(C)(C)C)c2cc(C)cc5[c]2[Ge]4([CH3])[c]2c(cc(C)cc2N5C(C)(C)C)O3)cc1. The number of anilines is 7. The molecule has 0 saturated heterocycles. The van der Waals surface area contributed by atoms with Gasteiger partial charge >= 0.3 is 290 Å². The Balaban J connectivity index is 1.50. The average molecular weight is 694 g/mol. The van der Waals surface area contributed by atoms with Gasteiger partial charge in [-0.05, 0) is 0 Å². The first kappa shape index (κ1) is 31.1. The van der Waals surface area contributed by atoms with Crippen molar-refractivity contribution in [3.63, 3.8) is 0 Å². The zero-order valence-electron chi connectivity index (χ0n) is 30.3. The third kappa shape index (κ3) is 4.41. The molecule has 0 bridgehead atoms. The Hall–Kier alpha value is -4.16. The van der Waals surface area contributed by atoms with Gasteiger partial charge in [0.25, 0.3) is 0 Å². The number of hydrogen-bond donors (Lipinski definition) is 0. The summed E-state index contributed by atoms with van der Waals surface area (Å²) in [4.78, 5) is 7.64. The predicted octanol–water partition coefficient (Wildman–Crippen LogP) is 10.1. The Bertz CT molecular complexity index is 2090. The van der Waals surface area contributed by atoms with E-state index in [1.807, 2.05) is 0 Å². The third-order valence-corrected chi connectivity index (χ3v) is 19.9. The topological polar surface area (TPSA) is 19.0 Å². The molecule has 1 unspecified atom stereocenters. The molecule has 0 spiro atoms. The Morgan fingerprint density at radius 2 is 0.875 bits per heavy atom. The number of nitrogens with zero attached hydrogens (tertiary/aromatic N) is 3. The second kappa shape index (κ2) is 10.2. The van der Waals surface area contributed by atoms with Crippen LogP contribution in [0, 0.1) is 27.7 Å². The van der Waals surface area contributed by atoms with Crippen LogP contribution in [0.4, 0.5) is 39.8 Å². The molecule has 0 amide bonds. The van der Waals surface area contributed by atoms with Gasteiger partial charge in [-0.2, -0.15) is 0 Å². The number of hydrogen-bond acceptors (Lipinski definition) is 4. The van der Waals surface area contributed by atoms with Crippen molar-refractivity contribution in [3.05, 3.63) is 107 Å². The van der Waals surface area contributed by atoms with Crippen molar-refractivity contribution in [1.29, 1.82) is 0 Å². The standard InChI is InChI=1S/C43H47GeN3O/c1-26-12-16-30(17-13-26)45(31-18-14-27(2)15-19-31)32-24-36-41-38(25-32)48-37-23-29(4)22-35-40(37)44(41,11)39-33(46(35)42(5,6)7)20-28(3)21-34(39)47(36)43(8,9)10/h12-25H,1-11H3. The second-order valence-corrected chi connectivity index (χ2v) is 24.3. The number of ether oxygens (including phenoxy) is 1. The summed E-state index contributed by atoms with van der Waals surface area (Å²) >= 11 is -3.30. The van der Waals surface area contributed by atoms with Gasteiger partial charge in [-0.3, -0.25) is 0 Å². The summed E-state index contributed by atoms with van der Waals surface area (Å²) in [5, 5.41) is 0. The van der Waals surface area contributed by atoms with Crippen molar-refractivity contribution in [1.82, 2.24) is 0 Å². The number of aryl methyl sites for hydroxylation is 4. The molecular weight excluding hydrogens is 647 g/mol. The zero-order valence-corrected chi connectivity index (χ0v) is 32.4. The molecule has 5 aromatic carbocycles. The van der Waals surface area contributed by atoms with Crippen molar-refractivity contribution in [3.8, 4) is 11.5 Å². The van der Waals surface area contributed by atoms with Crippen LogP contribution in [-0.4, -0.2) is 24.3 Å². The van der Waals surface area contributed by atoms with Crippen LogP contribution in [0.15, 0.2) is 84.9 Å². The molecule has 5 aromatic rings. The molecule has 4 nitrogen and oxygen atoms in total. The van der Waals surface area contributed by atoms with E-state index in [9.17, 15) is 0 Å².